The molecule has 66 valence electrons. The molecule has 0 amide bonds. The molecule has 0 aliphatic heterocycles. The summed E-state index contributed by atoms with van der Waals surface area (Å²) in [6.45, 7) is 3.50. The van der Waals surface area contributed by atoms with Crippen molar-refractivity contribution in [3.8, 4) is 12.3 Å². The largest absolute Gasteiger partial charge is 0.295 e. The van der Waals surface area contributed by atoms with Gasteiger partial charge in [0.05, 0.1) is 0 Å². The van der Waals surface area contributed by atoms with E-state index in [4.69, 9.17) is 6.42 Å². The van der Waals surface area contributed by atoms with Gasteiger partial charge in [0.2, 0.25) is 0 Å². The van der Waals surface area contributed by atoms with Crippen molar-refractivity contribution < 1.29 is 4.79 Å². The molecule has 0 aliphatic carbocycles. The predicted molar refractivity (Wildman–Crippen MR) is 53.7 cm³/mol. The van der Waals surface area contributed by atoms with Gasteiger partial charge in [-0.15, -0.1) is 6.42 Å². The standard InChI is InChI=1S/C12H12O/c1-4-9(2)11-6-5-7-12(8-11)10(3)13/h1,5-9H,2-3H3/t9-/m0/s1. The van der Waals surface area contributed by atoms with Crippen LogP contribution in [-0.2, 0) is 0 Å². The number of carbonyl (C=O) groups is 1. The fourth-order valence-electron chi connectivity index (χ4n) is 1.12. The summed E-state index contributed by atoms with van der Waals surface area (Å²) in [5.74, 6) is 2.78. The van der Waals surface area contributed by atoms with Gasteiger partial charge in [-0.25, -0.2) is 0 Å². The van der Waals surface area contributed by atoms with Crippen LogP contribution in [-0.4, -0.2) is 5.78 Å². The highest BCUT2D eigenvalue weighted by molar-refractivity contribution is 5.94. The molecule has 0 saturated heterocycles. The number of benzene rings is 1. The average molecular weight is 172 g/mol. The molecule has 1 atom stereocenters. The first-order chi connectivity index (χ1) is 6.15. The molecule has 1 rings (SSSR count). The minimum atomic E-state index is 0.0688. The van der Waals surface area contributed by atoms with Crippen LogP contribution < -0.4 is 0 Å². The van der Waals surface area contributed by atoms with Gasteiger partial charge in [0.1, 0.15) is 0 Å². The maximum Gasteiger partial charge on any atom is 0.159 e. The van der Waals surface area contributed by atoms with E-state index in [-0.39, 0.29) is 11.7 Å². The smallest absolute Gasteiger partial charge is 0.159 e. The summed E-state index contributed by atoms with van der Waals surface area (Å²) < 4.78 is 0. The summed E-state index contributed by atoms with van der Waals surface area (Å²) in [6, 6.07) is 7.46. The quantitative estimate of drug-likeness (QED) is 0.495. The Bertz CT molecular complexity index is 358. The molecule has 0 radical (unpaired) electrons. The van der Waals surface area contributed by atoms with E-state index in [1.54, 1.807) is 13.0 Å². The third kappa shape index (κ3) is 2.19. The van der Waals surface area contributed by atoms with Crippen LogP contribution in [0.15, 0.2) is 24.3 Å². The molecule has 1 aromatic rings. The van der Waals surface area contributed by atoms with Crippen molar-refractivity contribution >= 4 is 5.78 Å². The van der Waals surface area contributed by atoms with Gasteiger partial charge in [-0.2, -0.15) is 0 Å². The lowest BCUT2D eigenvalue weighted by Crippen LogP contribution is -1.95. The van der Waals surface area contributed by atoms with Crippen LogP contribution >= 0.6 is 0 Å². The molecule has 0 aliphatic rings. The van der Waals surface area contributed by atoms with E-state index in [9.17, 15) is 4.79 Å². The van der Waals surface area contributed by atoms with Gasteiger partial charge in [0, 0.05) is 11.5 Å². The molecule has 1 heteroatoms. The highest BCUT2D eigenvalue weighted by Crippen LogP contribution is 2.15. The van der Waals surface area contributed by atoms with Gasteiger partial charge >= 0.3 is 0 Å². The summed E-state index contributed by atoms with van der Waals surface area (Å²) in [5, 5.41) is 0. The van der Waals surface area contributed by atoms with E-state index in [2.05, 4.69) is 5.92 Å². The molecule has 0 N–H and O–H groups in total. The van der Waals surface area contributed by atoms with Crippen LogP contribution in [0.5, 0.6) is 0 Å². The Hall–Kier alpha value is -1.55. The van der Waals surface area contributed by atoms with Crippen molar-refractivity contribution in [3.63, 3.8) is 0 Å². The molecule has 0 heterocycles. The molecule has 0 saturated carbocycles. The molecular formula is C12H12O. The molecule has 0 spiro atoms. The summed E-state index contributed by atoms with van der Waals surface area (Å²) in [5.41, 5.74) is 1.75. The normalized spacial score (nSPS) is 11.8. The second-order valence-electron chi connectivity index (χ2n) is 3.07. The molecule has 1 nitrogen and oxygen atoms in total. The number of carbonyl (C=O) groups excluding carboxylic acids is 1. The zero-order chi connectivity index (χ0) is 9.84. The molecule has 13 heavy (non-hydrogen) atoms. The Labute approximate surface area is 78.8 Å². The van der Waals surface area contributed by atoms with Crippen molar-refractivity contribution in [2.75, 3.05) is 0 Å². The SMILES string of the molecule is C#C[C@H](C)c1cccc(C(C)=O)c1. The third-order valence-corrected chi connectivity index (χ3v) is 2.04. The number of terminal acetylenes is 1. The topological polar surface area (TPSA) is 17.1 Å². The van der Waals surface area contributed by atoms with E-state index in [1.807, 2.05) is 25.1 Å². The Morgan fingerprint density at radius 2 is 2.23 bits per heavy atom. The monoisotopic (exact) mass is 172 g/mol. The van der Waals surface area contributed by atoms with Gasteiger partial charge in [-0.05, 0) is 25.5 Å². The second kappa shape index (κ2) is 3.91. The zero-order valence-corrected chi connectivity index (χ0v) is 7.87. The van der Waals surface area contributed by atoms with Crippen LogP contribution in [0, 0.1) is 12.3 Å². The molecule has 0 bridgehead atoms. The van der Waals surface area contributed by atoms with Crippen molar-refractivity contribution in [3.05, 3.63) is 35.4 Å². The second-order valence-corrected chi connectivity index (χ2v) is 3.07. The third-order valence-electron chi connectivity index (χ3n) is 2.04. The van der Waals surface area contributed by atoms with Gasteiger partial charge in [0.25, 0.3) is 0 Å². The Morgan fingerprint density at radius 1 is 1.54 bits per heavy atom. The summed E-state index contributed by atoms with van der Waals surface area (Å²) >= 11 is 0. The van der Waals surface area contributed by atoms with E-state index in [0.717, 1.165) is 11.1 Å². The first kappa shape index (κ1) is 9.54. The minimum absolute atomic E-state index is 0.0688. The van der Waals surface area contributed by atoms with Crippen LogP contribution in [0.1, 0.15) is 35.7 Å². The number of rotatable bonds is 2. The Morgan fingerprint density at radius 3 is 2.77 bits per heavy atom. The maximum atomic E-state index is 11.1. The molecular weight excluding hydrogens is 160 g/mol. The fourth-order valence-corrected chi connectivity index (χ4v) is 1.12. The van der Waals surface area contributed by atoms with E-state index in [1.165, 1.54) is 0 Å². The number of Topliss-reactive ketones (excluding diaryl/α,β-unsaturated/α-hetero) is 1. The summed E-state index contributed by atoms with van der Waals surface area (Å²) in [7, 11) is 0. The summed E-state index contributed by atoms with van der Waals surface area (Å²) in [6.07, 6.45) is 5.30. The van der Waals surface area contributed by atoms with E-state index in [0.29, 0.717) is 0 Å². The van der Waals surface area contributed by atoms with Gasteiger partial charge < -0.3 is 0 Å². The lowest BCUT2D eigenvalue weighted by atomic mass is 9.99. The van der Waals surface area contributed by atoms with Crippen molar-refractivity contribution in [2.45, 2.75) is 19.8 Å². The predicted octanol–water partition coefficient (Wildman–Crippen LogP) is 2.63. The molecule has 1 aromatic carbocycles. The Kier molecular flexibility index (Phi) is 2.87. The molecule has 0 fully saturated rings. The van der Waals surface area contributed by atoms with Crippen molar-refractivity contribution in [2.24, 2.45) is 0 Å². The van der Waals surface area contributed by atoms with E-state index < -0.39 is 0 Å². The number of ketones is 1. The van der Waals surface area contributed by atoms with Gasteiger partial charge in [-0.1, -0.05) is 24.1 Å². The minimum Gasteiger partial charge on any atom is -0.295 e. The highest BCUT2D eigenvalue weighted by Gasteiger charge is 2.04. The van der Waals surface area contributed by atoms with Gasteiger partial charge in [0.15, 0.2) is 5.78 Å². The number of hydrogen-bond donors (Lipinski definition) is 0. The average Bonchev–Trinajstić information content (AvgIpc) is 2.17. The molecule has 0 unspecified atom stereocenters. The fraction of sp³-hybridized carbons (Fsp3) is 0.250. The zero-order valence-electron chi connectivity index (χ0n) is 7.87. The lowest BCUT2D eigenvalue weighted by molar-refractivity contribution is 0.101. The highest BCUT2D eigenvalue weighted by atomic mass is 16.1. The Balaban J connectivity index is 3.07. The van der Waals surface area contributed by atoms with Crippen molar-refractivity contribution in [1.29, 1.82) is 0 Å². The van der Waals surface area contributed by atoms with Gasteiger partial charge in [-0.3, -0.25) is 4.79 Å². The first-order valence-corrected chi connectivity index (χ1v) is 4.22. The first-order valence-electron chi connectivity index (χ1n) is 4.22. The van der Waals surface area contributed by atoms with E-state index >= 15 is 0 Å². The van der Waals surface area contributed by atoms with Crippen LogP contribution in [0.3, 0.4) is 0 Å². The van der Waals surface area contributed by atoms with Crippen LogP contribution in [0.25, 0.3) is 0 Å². The van der Waals surface area contributed by atoms with Crippen molar-refractivity contribution in [1.82, 2.24) is 0 Å². The van der Waals surface area contributed by atoms with Crippen LogP contribution in [0.2, 0.25) is 0 Å². The summed E-state index contributed by atoms with van der Waals surface area (Å²) in [4.78, 5) is 11.1. The van der Waals surface area contributed by atoms with Crippen LogP contribution in [0.4, 0.5) is 0 Å². The number of hydrogen-bond acceptors (Lipinski definition) is 1. The molecule has 0 aromatic heterocycles. The lowest BCUT2D eigenvalue weighted by Gasteiger charge is -2.05. The maximum absolute atomic E-state index is 11.1.